The van der Waals surface area contributed by atoms with Crippen LogP contribution in [0.4, 0.5) is 0 Å². The lowest BCUT2D eigenvalue weighted by Crippen LogP contribution is -2.46. The van der Waals surface area contributed by atoms with E-state index in [9.17, 15) is 4.79 Å². The molecule has 0 saturated heterocycles. The molecule has 94 valence electrons. The van der Waals surface area contributed by atoms with Crippen LogP contribution in [0.2, 0.25) is 0 Å². The number of methoxy groups -OCH3 is 1. The molecule has 0 spiro atoms. The summed E-state index contributed by atoms with van der Waals surface area (Å²) < 4.78 is 6.68. The van der Waals surface area contributed by atoms with Crippen LogP contribution in [0.5, 0.6) is 5.75 Å². The zero-order valence-corrected chi connectivity index (χ0v) is 12.6. The van der Waals surface area contributed by atoms with E-state index in [1.54, 1.807) is 19.2 Å². The first-order valence-electron chi connectivity index (χ1n) is 4.82. The van der Waals surface area contributed by atoms with Gasteiger partial charge in [-0.1, -0.05) is 0 Å². The number of benzene rings is 1. The van der Waals surface area contributed by atoms with E-state index in [-0.39, 0.29) is 6.42 Å². The van der Waals surface area contributed by atoms with Crippen molar-refractivity contribution in [1.29, 1.82) is 0 Å². The van der Waals surface area contributed by atoms with E-state index in [1.165, 1.54) is 6.92 Å². The lowest BCUT2D eigenvalue weighted by molar-refractivity contribution is -0.142. The van der Waals surface area contributed by atoms with Crippen molar-refractivity contribution < 1.29 is 14.6 Å². The molecular formula is C11H13Br2NO3. The Bertz CT molecular complexity index is 423. The number of halogens is 2. The van der Waals surface area contributed by atoms with E-state index in [0.29, 0.717) is 5.75 Å². The summed E-state index contributed by atoms with van der Waals surface area (Å²) in [5.74, 6) is -0.358. The second-order valence-electron chi connectivity index (χ2n) is 3.99. The van der Waals surface area contributed by atoms with Crippen LogP contribution in [0.3, 0.4) is 0 Å². The van der Waals surface area contributed by atoms with E-state index < -0.39 is 11.5 Å². The molecule has 0 aliphatic heterocycles. The number of rotatable bonds is 4. The van der Waals surface area contributed by atoms with Crippen LogP contribution in [0.1, 0.15) is 12.5 Å². The Labute approximate surface area is 116 Å². The molecule has 0 amide bonds. The first-order chi connectivity index (χ1) is 7.77. The van der Waals surface area contributed by atoms with Crippen molar-refractivity contribution in [3.63, 3.8) is 0 Å². The van der Waals surface area contributed by atoms with Crippen LogP contribution in [0.25, 0.3) is 0 Å². The van der Waals surface area contributed by atoms with Gasteiger partial charge in [0.2, 0.25) is 0 Å². The van der Waals surface area contributed by atoms with Crippen LogP contribution in [-0.2, 0) is 11.2 Å². The van der Waals surface area contributed by atoms with Crippen LogP contribution < -0.4 is 10.5 Å². The zero-order chi connectivity index (χ0) is 13.2. The summed E-state index contributed by atoms with van der Waals surface area (Å²) in [6.45, 7) is 1.49. The van der Waals surface area contributed by atoms with E-state index in [1.807, 2.05) is 0 Å². The molecule has 0 radical (unpaired) electrons. The van der Waals surface area contributed by atoms with E-state index in [4.69, 9.17) is 15.6 Å². The molecule has 1 aromatic rings. The summed E-state index contributed by atoms with van der Waals surface area (Å²) in [7, 11) is 1.56. The van der Waals surface area contributed by atoms with Gasteiger partial charge in [-0.15, -0.1) is 0 Å². The Hall–Kier alpha value is -0.590. The van der Waals surface area contributed by atoms with Crippen LogP contribution >= 0.6 is 31.9 Å². The molecular weight excluding hydrogens is 354 g/mol. The predicted octanol–water partition coefficient (Wildman–Crippen LogP) is 2.56. The number of aliphatic carboxylic acids is 1. The molecule has 0 fully saturated rings. The third-order valence-electron chi connectivity index (χ3n) is 2.32. The van der Waals surface area contributed by atoms with E-state index >= 15 is 0 Å². The lowest BCUT2D eigenvalue weighted by atomic mass is 9.94. The Morgan fingerprint density at radius 3 is 2.29 bits per heavy atom. The van der Waals surface area contributed by atoms with Crippen molar-refractivity contribution in [2.24, 2.45) is 5.73 Å². The van der Waals surface area contributed by atoms with Crippen LogP contribution in [-0.4, -0.2) is 23.7 Å². The van der Waals surface area contributed by atoms with Gasteiger partial charge in [0.15, 0.2) is 0 Å². The third kappa shape index (κ3) is 3.43. The second kappa shape index (κ2) is 5.37. The van der Waals surface area contributed by atoms with Crippen molar-refractivity contribution in [2.75, 3.05) is 7.11 Å². The van der Waals surface area contributed by atoms with Gasteiger partial charge in [0, 0.05) is 6.42 Å². The largest absolute Gasteiger partial charge is 0.494 e. The number of carboxylic acid groups (broad SMARTS) is 1. The molecule has 17 heavy (non-hydrogen) atoms. The highest BCUT2D eigenvalue weighted by Crippen LogP contribution is 2.35. The zero-order valence-electron chi connectivity index (χ0n) is 9.46. The highest BCUT2D eigenvalue weighted by molar-refractivity contribution is 9.11. The van der Waals surface area contributed by atoms with Gasteiger partial charge in [0.25, 0.3) is 0 Å². The number of nitrogens with two attached hydrogens (primary N) is 1. The number of hydrogen-bond acceptors (Lipinski definition) is 3. The average molecular weight is 367 g/mol. The quantitative estimate of drug-likeness (QED) is 0.858. The minimum Gasteiger partial charge on any atom is -0.494 e. The standard InChI is InChI=1S/C11H13Br2NO3/c1-11(14,10(15)16)5-6-3-7(12)9(17-2)8(13)4-6/h3-4H,5,14H2,1-2H3,(H,15,16)/t11-/m1/s1. The number of ether oxygens (including phenoxy) is 1. The van der Waals surface area contributed by atoms with Crippen molar-refractivity contribution >= 4 is 37.8 Å². The van der Waals surface area contributed by atoms with Gasteiger partial charge in [0.05, 0.1) is 16.1 Å². The Balaban J connectivity index is 3.06. The van der Waals surface area contributed by atoms with Crippen molar-refractivity contribution in [3.05, 3.63) is 26.6 Å². The van der Waals surface area contributed by atoms with E-state index in [2.05, 4.69) is 31.9 Å². The van der Waals surface area contributed by atoms with Gasteiger partial charge in [-0.05, 0) is 56.5 Å². The summed E-state index contributed by atoms with van der Waals surface area (Å²) in [5.41, 5.74) is 5.23. The maximum Gasteiger partial charge on any atom is 0.323 e. The molecule has 4 nitrogen and oxygen atoms in total. The smallest absolute Gasteiger partial charge is 0.323 e. The van der Waals surface area contributed by atoms with Gasteiger partial charge in [-0.2, -0.15) is 0 Å². The van der Waals surface area contributed by atoms with Gasteiger partial charge in [0.1, 0.15) is 11.3 Å². The Morgan fingerprint density at radius 2 is 1.94 bits per heavy atom. The predicted molar refractivity (Wildman–Crippen MR) is 72.3 cm³/mol. The summed E-state index contributed by atoms with van der Waals surface area (Å²) in [6.07, 6.45) is 0.240. The molecule has 0 aliphatic rings. The Kier molecular flexibility index (Phi) is 4.57. The molecule has 0 unspecified atom stereocenters. The summed E-state index contributed by atoms with van der Waals surface area (Å²) >= 11 is 6.72. The SMILES string of the molecule is COc1c(Br)cc(C[C@@](C)(N)C(=O)O)cc1Br. The van der Waals surface area contributed by atoms with Crippen LogP contribution in [0.15, 0.2) is 21.1 Å². The topological polar surface area (TPSA) is 72.5 Å². The second-order valence-corrected chi connectivity index (χ2v) is 5.70. The molecule has 3 N–H and O–H groups in total. The van der Waals surface area contributed by atoms with Crippen LogP contribution in [0, 0.1) is 0 Å². The third-order valence-corrected chi connectivity index (χ3v) is 3.50. The van der Waals surface area contributed by atoms with Crippen molar-refractivity contribution in [3.8, 4) is 5.75 Å². The molecule has 0 heterocycles. The van der Waals surface area contributed by atoms with Gasteiger partial charge < -0.3 is 15.6 Å². The van der Waals surface area contributed by atoms with Gasteiger partial charge >= 0.3 is 5.97 Å². The minimum absolute atomic E-state index is 0.240. The Morgan fingerprint density at radius 1 is 1.47 bits per heavy atom. The number of carboxylic acids is 1. The molecule has 1 aromatic carbocycles. The summed E-state index contributed by atoms with van der Waals surface area (Å²) in [5, 5.41) is 8.97. The molecule has 0 aliphatic carbocycles. The molecule has 1 atom stereocenters. The van der Waals surface area contributed by atoms with Crippen molar-refractivity contribution in [2.45, 2.75) is 18.9 Å². The fourth-order valence-electron chi connectivity index (χ4n) is 1.41. The molecule has 0 aromatic heterocycles. The first-order valence-corrected chi connectivity index (χ1v) is 6.40. The summed E-state index contributed by atoms with van der Waals surface area (Å²) in [6, 6.07) is 3.61. The fourth-order valence-corrected chi connectivity index (χ4v) is 3.01. The van der Waals surface area contributed by atoms with Crippen molar-refractivity contribution in [1.82, 2.24) is 0 Å². The minimum atomic E-state index is -1.28. The molecule has 0 saturated carbocycles. The molecule has 0 bridgehead atoms. The monoisotopic (exact) mass is 365 g/mol. The normalized spacial score (nSPS) is 14.2. The van der Waals surface area contributed by atoms with Gasteiger partial charge in [-0.25, -0.2) is 0 Å². The summed E-state index contributed by atoms with van der Waals surface area (Å²) in [4.78, 5) is 10.9. The maximum absolute atomic E-state index is 10.9. The number of carbonyl (C=O) groups is 1. The van der Waals surface area contributed by atoms with Gasteiger partial charge in [-0.3, -0.25) is 4.79 Å². The number of hydrogen-bond donors (Lipinski definition) is 2. The fraction of sp³-hybridized carbons (Fsp3) is 0.364. The lowest BCUT2D eigenvalue weighted by Gasteiger charge is -2.20. The highest BCUT2D eigenvalue weighted by atomic mass is 79.9. The molecule has 6 heteroatoms. The molecule has 1 rings (SSSR count). The highest BCUT2D eigenvalue weighted by Gasteiger charge is 2.28. The maximum atomic E-state index is 10.9. The van der Waals surface area contributed by atoms with E-state index in [0.717, 1.165) is 14.5 Å². The average Bonchev–Trinajstić information content (AvgIpc) is 2.15. The first kappa shape index (κ1) is 14.5.